The van der Waals surface area contributed by atoms with Gasteiger partial charge in [0.05, 0.1) is 7.11 Å². The maximum absolute atomic E-state index is 13.1. The lowest BCUT2D eigenvalue weighted by Crippen LogP contribution is -2.49. The first-order valence-electron chi connectivity index (χ1n) is 10.2. The smallest absolute Gasteiger partial charge is 0.349 e. The van der Waals surface area contributed by atoms with Gasteiger partial charge in [-0.3, -0.25) is 4.79 Å². The van der Waals surface area contributed by atoms with E-state index in [1.54, 1.807) is 29.2 Å². The fraction of sp³-hybridized carbons (Fsp3) is 0.217. The summed E-state index contributed by atoms with van der Waals surface area (Å²) in [5.41, 5.74) is -0.304. The maximum atomic E-state index is 13.1. The Kier molecular flexibility index (Phi) is 5.06. The van der Waals surface area contributed by atoms with Crippen molar-refractivity contribution in [1.82, 2.24) is 19.4 Å². The van der Waals surface area contributed by atoms with Gasteiger partial charge in [-0.25, -0.2) is 14.8 Å². The number of carbonyl (C=O) groups is 1. The second-order valence-electron chi connectivity index (χ2n) is 7.43. The molecule has 9 heteroatoms. The number of ether oxygens (including phenoxy) is 1. The van der Waals surface area contributed by atoms with E-state index in [9.17, 15) is 9.59 Å². The Morgan fingerprint density at radius 3 is 2.50 bits per heavy atom. The van der Waals surface area contributed by atoms with Gasteiger partial charge in [-0.1, -0.05) is 12.1 Å². The van der Waals surface area contributed by atoms with Crippen LogP contribution in [-0.4, -0.2) is 58.6 Å². The number of methoxy groups -OCH3 is 1. The molecule has 0 saturated carbocycles. The van der Waals surface area contributed by atoms with Crippen molar-refractivity contribution >= 4 is 22.7 Å². The Morgan fingerprint density at radius 2 is 1.75 bits per heavy atom. The molecule has 0 unspecified atom stereocenters. The van der Waals surface area contributed by atoms with Crippen LogP contribution < -0.4 is 15.3 Å². The number of hydrogen-bond donors (Lipinski definition) is 0. The van der Waals surface area contributed by atoms with Crippen molar-refractivity contribution in [3.63, 3.8) is 0 Å². The van der Waals surface area contributed by atoms with Crippen molar-refractivity contribution in [3.05, 3.63) is 77.2 Å². The highest BCUT2D eigenvalue weighted by atomic mass is 16.5. The lowest BCUT2D eigenvalue weighted by atomic mass is 10.1. The minimum atomic E-state index is -0.665. The van der Waals surface area contributed by atoms with Crippen molar-refractivity contribution in [1.29, 1.82) is 0 Å². The van der Waals surface area contributed by atoms with E-state index in [0.29, 0.717) is 42.9 Å². The number of nitrogens with zero attached hydrogens (tertiary/aromatic N) is 5. The summed E-state index contributed by atoms with van der Waals surface area (Å²) in [6.45, 7) is 2.13. The normalized spacial score (nSPS) is 14.0. The number of rotatable bonds is 4. The highest BCUT2D eigenvalue weighted by Gasteiger charge is 2.26. The Hall–Kier alpha value is -4.14. The van der Waals surface area contributed by atoms with E-state index in [1.807, 2.05) is 35.2 Å². The standard InChI is InChI=1S/C23H21N5O4/c1-31-18-6-4-5-16-13-17(23(30)32-21(16)18)22(29)28-11-9-27(10-12-28)20-14-19(24-15-25-20)26-7-2-3-8-26/h2-8,13-15H,9-12H2,1H3. The van der Waals surface area contributed by atoms with Crippen molar-refractivity contribution in [2.24, 2.45) is 0 Å². The van der Waals surface area contributed by atoms with E-state index in [4.69, 9.17) is 9.15 Å². The van der Waals surface area contributed by atoms with Gasteiger partial charge in [0.2, 0.25) is 0 Å². The SMILES string of the molecule is COc1cccc2cc(C(=O)N3CCN(c4cc(-n5cccc5)ncn4)CC3)c(=O)oc12. The molecule has 162 valence electrons. The average Bonchev–Trinajstić information content (AvgIpc) is 3.38. The van der Waals surface area contributed by atoms with E-state index < -0.39 is 5.63 Å². The number of piperazine rings is 1. The quantitative estimate of drug-likeness (QED) is 0.458. The molecule has 32 heavy (non-hydrogen) atoms. The van der Waals surface area contributed by atoms with Crippen LogP contribution >= 0.6 is 0 Å². The number of anilines is 1. The highest BCUT2D eigenvalue weighted by Crippen LogP contribution is 2.25. The van der Waals surface area contributed by atoms with Crippen molar-refractivity contribution < 1.29 is 13.9 Å². The van der Waals surface area contributed by atoms with Crippen molar-refractivity contribution in [3.8, 4) is 11.6 Å². The van der Waals surface area contributed by atoms with Crippen LogP contribution in [0.3, 0.4) is 0 Å². The molecule has 4 aromatic rings. The molecule has 1 aromatic carbocycles. The molecular formula is C23H21N5O4. The summed E-state index contributed by atoms with van der Waals surface area (Å²) in [6, 6.07) is 12.7. The lowest BCUT2D eigenvalue weighted by molar-refractivity contribution is 0.0742. The largest absolute Gasteiger partial charge is 0.493 e. The summed E-state index contributed by atoms with van der Waals surface area (Å²) in [7, 11) is 1.51. The Labute approximate surface area is 183 Å². The van der Waals surface area contributed by atoms with Gasteiger partial charge in [0.1, 0.15) is 23.5 Å². The van der Waals surface area contributed by atoms with Gasteiger partial charge < -0.3 is 23.5 Å². The number of fused-ring (bicyclic) bond motifs is 1. The zero-order chi connectivity index (χ0) is 22.1. The highest BCUT2D eigenvalue weighted by molar-refractivity contribution is 5.97. The zero-order valence-electron chi connectivity index (χ0n) is 17.5. The molecule has 1 amide bonds. The number of benzene rings is 1. The average molecular weight is 431 g/mol. The molecule has 1 saturated heterocycles. The summed E-state index contributed by atoms with van der Waals surface area (Å²) in [5, 5.41) is 0.643. The molecule has 9 nitrogen and oxygen atoms in total. The van der Waals surface area contributed by atoms with Gasteiger partial charge in [-0.05, 0) is 24.3 Å². The molecular weight excluding hydrogens is 410 g/mol. The van der Waals surface area contributed by atoms with Crippen LogP contribution in [0.25, 0.3) is 16.8 Å². The molecule has 1 aliphatic heterocycles. The molecule has 3 aromatic heterocycles. The van der Waals surface area contributed by atoms with Crippen LogP contribution in [0, 0.1) is 0 Å². The van der Waals surface area contributed by atoms with Gasteiger partial charge in [-0.2, -0.15) is 0 Å². The van der Waals surface area contributed by atoms with Crippen LogP contribution in [0.4, 0.5) is 5.82 Å². The molecule has 1 aliphatic rings. The monoisotopic (exact) mass is 431 g/mol. The lowest BCUT2D eigenvalue weighted by Gasteiger charge is -2.35. The minimum absolute atomic E-state index is 0.0242. The van der Waals surface area contributed by atoms with Crippen LogP contribution in [0.15, 0.2) is 70.4 Å². The third-order valence-corrected chi connectivity index (χ3v) is 5.57. The van der Waals surface area contributed by atoms with Gasteiger partial charge in [-0.15, -0.1) is 0 Å². The Balaban J connectivity index is 1.33. The number of aromatic nitrogens is 3. The van der Waals surface area contributed by atoms with E-state index in [2.05, 4.69) is 14.9 Å². The Morgan fingerprint density at radius 1 is 1.00 bits per heavy atom. The summed E-state index contributed by atoms with van der Waals surface area (Å²) in [5.74, 6) is 1.70. The van der Waals surface area contributed by atoms with Crippen molar-refractivity contribution in [2.75, 3.05) is 38.2 Å². The fourth-order valence-electron chi connectivity index (χ4n) is 3.88. The molecule has 4 heterocycles. The van der Waals surface area contributed by atoms with Crippen LogP contribution in [0.2, 0.25) is 0 Å². The molecule has 1 fully saturated rings. The summed E-state index contributed by atoms with van der Waals surface area (Å²) >= 11 is 0. The summed E-state index contributed by atoms with van der Waals surface area (Å²) in [6.07, 6.45) is 5.39. The van der Waals surface area contributed by atoms with Gasteiger partial charge in [0, 0.05) is 50.0 Å². The van der Waals surface area contributed by atoms with Crippen LogP contribution in [0.5, 0.6) is 5.75 Å². The van der Waals surface area contributed by atoms with Crippen LogP contribution in [-0.2, 0) is 0 Å². The topological polar surface area (TPSA) is 93.7 Å². The number of hydrogen-bond acceptors (Lipinski definition) is 7. The summed E-state index contributed by atoms with van der Waals surface area (Å²) in [4.78, 5) is 38.1. The second kappa shape index (κ2) is 8.18. The molecule has 0 bridgehead atoms. The second-order valence-corrected chi connectivity index (χ2v) is 7.43. The van der Waals surface area contributed by atoms with Gasteiger partial charge in [0.15, 0.2) is 11.3 Å². The van der Waals surface area contributed by atoms with Gasteiger partial charge in [0.25, 0.3) is 5.91 Å². The van der Waals surface area contributed by atoms with E-state index in [-0.39, 0.29) is 11.5 Å². The Bertz CT molecular complexity index is 1320. The molecule has 0 atom stereocenters. The fourth-order valence-corrected chi connectivity index (χ4v) is 3.88. The predicted octanol–water partition coefficient (Wildman–Crippen LogP) is 2.34. The minimum Gasteiger partial charge on any atom is -0.493 e. The maximum Gasteiger partial charge on any atom is 0.349 e. The molecule has 0 radical (unpaired) electrons. The first kappa shape index (κ1) is 19.8. The third kappa shape index (κ3) is 3.58. The summed E-state index contributed by atoms with van der Waals surface area (Å²) < 4.78 is 12.6. The first-order valence-corrected chi connectivity index (χ1v) is 10.2. The first-order chi connectivity index (χ1) is 15.6. The zero-order valence-corrected chi connectivity index (χ0v) is 17.5. The molecule has 0 N–H and O–H groups in total. The van der Waals surface area contributed by atoms with Crippen LogP contribution in [0.1, 0.15) is 10.4 Å². The third-order valence-electron chi connectivity index (χ3n) is 5.57. The number of amides is 1. The van der Waals surface area contributed by atoms with E-state index in [0.717, 1.165) is 11.6 Å². The van der Waals surface area contributed by atoms with Crippen molar-refractivity contribution in [2.45, 2.75) is 0 Å². The number of para-hydroxylation sites is 1. The van der Waals surface area contributed by atoms with E-state index in [1.165, 1.54) is 13.4 Å². The molecule has 0 spiro atoms. The molecule has 0 aliphatic carbocycles. The van der Waals surface area contributed by atoms with Gasteiger partial charge >= 0.3 is 5.63 Å². The van der Waals surface area contributed by atoms with E-state index >= 15 is 0 Å². The predicted molar refractivity (Wildman–Crippen MR) is 119 cm³/mol. The number of carbonyl (C=O) groups excluding carboxylic acids is 1. The molecule has 5 rings (SSSR count).